The summed E-state index contributed by atoms with van der Waals surface area (Å²) in [6.45, 7) is 0. The van der Waals surface area contributed by atoms with Crippen LogP contribution in [0.3, 0.4) is 0 Å². The fourth-order valence-electron chi connectivity index (χ4n) is 4.58. The Morgan fingerprint density at radius 1 is 1.00 bits per heavy atom. The number of halogens is 1. The van der Waals surface area contributed by atoms with Gasteiger partial charge in [0.2, 0.25) is 5.91 Å². The van der Waals surface area contributed by atoms with Gasteiger partial charge in [0.15, 0.2) is 0 Å². The molecule has 1 amide bonds. The molecule has 0 spiro atoms. The fraction of sp³-hybridized carbons (Fsp3) is 0.941. The van der Waals surface area contributed by atoms with Gasteiger partial charge in [-0.15, -0.1) is 12.4 Å². The molecule has 3 aliphatic rings. The summed E-state index contributed by atoms with van der Waals surface area (Å²) in [5.74, 6) is 1.04. The molecule has 2 heterocycles. The SMILES string of the molecule is CN(C(=O)CC1CC2CCC(C1)N2)C1CCCCCC1.Cl. The molecule has 2 unspecified atom stereocenters. The molecule has 3 nitrogen and oxygen atoms in total. The van der Waals surface area contributed by atoms with Crippen molar-refractivity contribution < 1.29 is 4.79 Å². The predicted molar refractivity (Wildman–Crippen MR) is 88.8 cm³/mol. The molecule has 0 radical (unpaired) electrons. The first-order valence-corrected chi connectivity index (χ1v) is 8.74. The topological polar surface area (TPSA) is 32.3 Å². The first kappa shape index (κ1) is 17.1. The van der Waals surface area contributed by atoms with Crippen LogP contribution in [0.5, 0.6) is 0 Å². The number of carbonyl (C=O) groups excluding carboxylic acids is 1. The largest absolute Gasteiger partial charge is 0.343 e. The van der Waals surface area contributed by atoms with Gasteiger partial charge in [-0.05, 0) is 44.4 Å². The molecule has 0 aromatic carbocycles. The van der Waals surface area contributed by atoms with Crippen LogP contribution in [0, 0.1) is 5.92 Å². The number of fused-ring (bicyclic) bond motifs is 2. The lowest BCUT2D eigenvalue weighted by Crippen LogP contribution is -2.42. The third kappa shape index (κ3) is 4.35. The van der Waals surface area contributed by atoms with Gasteiger partial charge >= 0.3 is 0 Å². The number of rotatable bonds is 3. The van der Waals surface area contributed by atoms with Gasteiger partial charge in [-0.1, -0.05) is 25.7 Å². The fourth-order valence-corrected chi connectivity index (χ4v) is 4.58. The minimum Gasteiger partial charge on any atom is -0.343 e. The van der Waals surface area contributed by atoms with Crippen molar-refractivity contribution in [3.05, 3.63) is 0 Å². The second kappa shape index (κ2) is 7.82. The lowest BCUT2D eigenvalue weighted by atomic mass is 9.89. The Bertz CT molecular complexity index is 330. The molecule has 3 fully saturated rings. The summed E-state index contributed by atoms with van der Waals surface area (Å²) in [6, 6.07) is 1.92. The van der Waals surface area contributed by atoms with Gasteiger partial charge in [0, 0.05) is 31.6 Å². The maximum Gasteiger partial charge on any atom is 0.222 e. The molecule has 1 aliphatic carbocycles. The Hall–Kier alpha value is -0.280. The third-order valence-corrected chi connectivity index (χ3v) is 5.80. The zero-order valence-corrected chi connectivity index (χ0v) is 14.2. The van der Waals surface area contributed by atoms with E-state index in [1.54, 1.807) is 0 Å². The summed E-state index contributed by atoms with van der Waals surface area (Å²) in [5, 5.41) is 3.67. The summed E-state index contributed by atoms with van der Waals surface area (Å²) < 4.78 is 0. The van der Waals surface area contributed by atoms with E-state index in [1.807, 2.05) is 7.05 Å². The van der Waals surface area contributed by atoms with Crippen LogP contribution in [0.4, 0.5) is 0 Å². The normalized spacial score (nSPS) is 33.1. The molecule has 2 atom stereocenters. The van der Waals surface area contributed by atoms with Crippen LogP contribution in [0.15, 0.2) is 0 Å². The number of nitrogens with zero attached hydrogens (tertiary/aromatic N) is 1. The molecule has 1 N–H and O–H groups in total. The Kier molecular flexibility index (Phi) is 6.36. The molecular weight excluding hydrogens is 284 g/mol. The van der Waals surface area contributed by atoms with Crippen molar-refractivity contribution in [2.45, 2.75) is 88.8 Å². The van der Waals surface area contributed by atoms with Crippen molar-refractivity contribution in [3.63, 3.8) is 0 Å². The molecular formula is C17H31ClN2O. The van der Waals surface area contributed by atoms with E-state index in [4.69, 9.17) is 0 Å². The van der Waals surface area contributed by atoms with Crippen LogP contribution >= 0.6 is 12.4 Å². The van der Waals surface area contributed by atoms with Crippen LogP contribution in [0.2, 0.25) is 0 Å². The number of amides is 1. The van der Waals surface area contributed by atoms with E-state index in [-0.39, 0.29) is 12.4 Å². The second-order valence-electron chi connectivity index (χ2n) is 7.33. The van der Waals surface area contributed by atoms with E-state index in [0.29, 0.717) is 30.0 Å². The standard InChI is InChI=1S/C17H30N2O.ClH/c1-19(16-6-4-2-3-5-7-16)17(20)12-13-10-14-8-9-15(11-13)18-14;/h13-16,18H,2-12H2,1H3;1H. The lowest BCUT2D eigenvalue weighted by molar-refractivity contribution is -0.133. The Labute approximate surface area is 135 Å². The summed E-state index contributed by atoms with van der Waals surface area (Å²) in [4.78, 5) is 14.7. The predicted octanol–water partition coefficient (Wildman–Crippen LogP) is 3.51. The Morgan fingerprint density at radius 2 is 1.57 bits per heavy atom. The van der Waals surface area contributed by atoms with E-state index in [1.165, 1.54) is 64.2 Å². The quantitative estimate of drug-likeness (QED) is 0.809. The van der Waals surface area contributed by atoms with Gasteiger partial charge in [0.1, 0.15) is 0 Å². The molecule has 0 aromatic rings. The zero-order valence-electron chi connectivity index (χ0n) is 13.4. The molecule has 0 aromatic heterocycles. The van der Waals surface area contributed by atoms with Gasteiger partial charge in [0.05, 0.1) is 0 Å². The molecule has 2 saturated heterocycles. The molecule has 2 bridgehead atoms. The minimum atomic E-state index is 0. The third-order valence-electron chi connectivity index (χ3n) is 5.80. The highest BCUT2D eigenvalue weighted by atomic mass is 35.5. The van der Waals surface area contributed by atoms with Crippen molar-refractivity contribution in [1.82, 2.24) is 10.2 Å². The Morgan fingerprint density at radius 3 is 2.14 bits per heavy atom. The number of hydrogen-bond donors (Lipinski definition) is 1. The van der Waals surface area contributed by atoms with E-state index < -0.39 is 0 Å². The zero-order chi connectivity index (χ0) is 13.9. The van der Waals surface area contributed by atoms with E-state index in [9.17, 15) is 4.79 Å². The Balaban J connectivity index is 0.00000161. The summed E-state index contributed by atoms with van der Waals surface area (Å²) in [5.41, 5.74) is 0. The highest BCUT2D eigenvalue weighted by molar-refractivity contribution is 5.85. The summed E-state index contributed by atoms with van der Waals surface area (Å²) in [7, 11) is 2.05. The molecule has 1 saturated carbocycles. The maximum atomic E-state index is 12.6. The summed E-state index contributed by atoms with van der Waals surface area (Å²) >= 11 is 0. The number of piperidine rings is 1. The first-order chi connectivity index (χ1) is 9.72. The van der Waals surface area contributed by atoms with Crippen LogP contribution in [-0.2, 0) is 4.79 Å². The molecule has 3 rings (SSSR count). The van der Waals surface area contributed by atoms with Gasteiger partial charge in [-0.3, -0.25) is 4.79 Å². The van der Waals surface area contributed by atoms with Crippen molar-refractivity contribution in [2.75, 3.05) is 7.05 Å². The molecule has 2 aliphatic heterocycles. The van der Waals surface area contributed by atoms with Crippen molar-refractivity contribution in [1.29, 1.82) is 0 Å². The van der Waals surface area contributed by atoms with E-state index in [2.05, 4.69) is 10.2 Å². The second-order valence-corrected chi connectivity index (χ2v) is 7.33. The van der Waals surface area contributed by atoms with Crippen molar-refractivity contribution in [2.24, 2.45) is 5.92 Å². The highest BCUT2D eigenvalue weighted by Crippen LogP contribution is 2.33. The smallest absolute Gasteiger partial charge is 0.222 e. The average molecular weight is 315 g/mol. The van der Waals surface area contributed by atoms with E-state index >= 15 is 0 Å². The van der Waals surface area contributed by atoms with Gasteiger partial charge in [0.25, 0.3) is 0 Å². The van der Waals surface area contributed by atoms with Crippen LogP contribution in [0.1, 0.15) is 70.6 Å². The van der Waals surface area contributed by atoms with E-state index in [0.717, 1.165) is 6.42 Å². The van der Waals surface area contributed by atoms with Gasteiger partial charge in [-0.2, -0.15) is 0 Å². The van der Waals surface area contributed by atoms with Crippen molar-refractivity contribution >= 4 is 18.3 Å². The van der Waals surface area contributed by atoms with Gasteiger partial charge in [-0.25, -0.2) is 0 Å². The van der Waals surface area contributed by atoms with Crippen LogP contribution in [0.25, 0.3) is 0 Å². The minimum absolute atomic E-state index is 0. The lowest BCUT2D eigenvalue weighted by Gasteiger charge is -2.32. The average Bonchev–Trinajstić information content (AvgIpc) is 2.68. The number of nitrogens with one attached hydrogen (secondary N) is 1. The molecule has 21 heavy (non-hydrogen) atoms. The van der Waals surface area contributed by atoms with Crippen LogP contribution < -0.4 is 5.32 Å². The first-order valence-electron chi connectivity index (χ1n) is 8.74. The van der Waals surface area contributed by atoms with Gasteiger partial charge < -0.3 is 10.2 Å². The summed E-state index contributed by atoms with van der Waals surface area (Å²) in [6.07, 6.45) is 13.7. The number of carbonyl (C=O) groups is 1. The molecule has 4 heteroatoms. The van der Waals surface area contributed by atoms with Crippen LogP contribution in [-0.4, -0.2) is 36.0 Å². The molecule has 122 valence electrons. The van der Waals surface area contributed by atoms with Crippen molar-refractivity contribution in [3.8, 4) is 0 Å². The highest BCUT2D eigenvalue weighted by Gasteiger charge is 2.35. The monoisotopic (exact) mass is 314 g/mol. The number of hydrogen-bond acceptors (Lipinski definition) is 2. The maximum absolute atomic E-state index is 12.6.